The van der Waals surface area contributed by atoms with E-state index in [2.05, 4.69) is 20.4 Å². The molecule has 2 aliphatic rings. The number of aliphatic hydroxyl groups is 1. The summed E-state index contributed by atoms with van der Waals surface area (Å²) in [7, 11) is 3.07. The Kier molecular flexibility index (Phi) is 8.72. The number of piperidine rings is 1. The second-order valence-electron chi connectivity index (χ2n) is 9.48. The molecule has 1 fully saturated rings. The van der Waals surface area contributed by atoms with Gasteiger partial charge >= 0.3 is 6.03 Å². The summed E-state index contributed by atoms with van der Waals surface area (Å²) in [5.41, 5.74) is 2.07. The van der Waals surface area contributed by atoms with Crippen LogP contribution in [0.2, 0.25) is 0 Å². The number of amides is 3. The molecule has 0 spiro atoms. The smallest absolute Gasteiger partial charge is 0.319 e. The Morgan fingerprint density at radius 3 is 2.74 bits per heavy atom. The lowest BCUT2D eigenvalue weighted by atomic mass is 9.88. The van der Waals surface area contributed by atoms with Crippen LogP contribution in [0.15, 0.2) is 29.4 Å². The molecule has 0 radical (unpaired) electrons. The molecule has 1 unspecified atom stereocenters. The van der Waals surface area contributed by atoms with Gasteiger partial charge in [0.1, 0.15) is 23.3 Å². The number of aryl methyl sites for hydroxylation is 1. The standard InChI is InChI=1S/C26H33FN6O5/c1-16-29-20(13-22(30-16)25(35)28-15-17-4-5-19(27)24(12-17)37-3)21-14-23(38-31-21)18-6-8-33(9-7-18)26(36)32(2)10-11-34/h4-5,12-13,18,23,34H,6-11,14-15H2,1-3H3,(H,28,35). The number of urea groups is 1. The maximum absolute atomic E-state index is 13.6. The van der Waals surface area contributed by atoms with Crippen molar-refractivity contribution in [3.63, 3.8) is 0 Å². The summed E-state index contributed by atoms with van der Waals surface area (Å²) >= 11 is 0. The summed E-state index contributed by atoms with van der Waals surface area (Å²) in [6, 6.07) is 5.91. The Morgan fingerprint density at radius 2 is 2.03 bits per heavy atom. The van der Waals surface area contributed by atoms with Gasteiger partial charge in [-0.25, -0.2) is 19.2 Å². The molecule has 204 valence electrons. The van der Waals surface area contributed by atoms with Crippen molar-refractivity contribution in [2.24, 2.45) is 11.1 Å². The monoisotopic (exact) mass is 528 g/mol. The number of hydrogen-bond donors (Lipinski definition) is 2. The van der Waals surface area contributed by atoms with Crippen molar-refractivity contribution in [3.05, 3.63) is 52.9 Å². The number of nitrogens with one attached hydrogen (secondary N) is 1. The molecule has 4 rings (SSSR count). The van der Waals surface area contributed by atoms with Crippen LogP contribution in [-0.4, -0.2) is 89.0 Å². The number of likely N-dealkylation sites (N-methyl/N-ethyl adjacent to an activating group) is 1. The second kappa shape index (κ2) is 12.2. The van der Waals surface area contributed by atoms with Crippen LogP contribution in [-0.2, 0) is 11.4 Å². The number of aromatic nitrogens is 2. The summed E-state index contributed by atoms with van der Waals surface area (Å²) in [6.07, 6.45) is 2.00. The molecule has 38 heavy (non-hydrogen) atoms. The number of rotatable bonds is 8. The number of ether oxygens (including phenoxy) is 1. The van der Waals surface area contributed by atoms with E-state index in [0.29, 0.717) is 48.8 Å². The number of likely N-dealkylation sites (tertiary alicyclic amines) is 1. The maximum Gasteiger partial charge on any atom is 0.319 e. The summed E-state index contributed by atoms with van der Waals surface area (Å²) in [5, 5.41) is 16.1. The van der Waals surface area contributed by atoms with Gasteiger partial charge < -0.3 is 29.8 Å². The van der Waals surface area contributed by atoms with Crippen molar-refractivity contribution < 1.29 is 28.7 Å². The number of carbonyl (C=O) groups excluding carboxylic acids is 2. The van der Waals surface area contributed by atoms with E-state index >= 15 is 0 Å². The third-order valence-corrected chi connectivity index (χ3v) is 6.83. The van der Waals surface area contributed by atoms with Gasteiger partial charge in [0.05, 0.1) is 19.4 Å². The highest BCUT2D eigenvalue weighted by molar-refractivity contribution is 6.02. The summed E-state index contributed by atoms with van der Waals surface area (Å²) < 4.78 is 18.6. The van der Waals surface area contributed by atoms with Gasteiger partial charge in [0.15, 0.2) is 11.6 Å². The Labute approximate surface area is 220 Å². The van der Waals surface area contributed by atoms with Crippen LogP contribution >= 0.6 is 0 Å². The quantitative estimate of drug-likeness (QED) is 0.537. The Balaban J connectivity index is 1.33. The Bertz CT molecular complexity index is 1200. The SMILES string of the molecule is COc1cc(CNC(=O)c2cc(C3=NOC(C4CCN(C(=O)N(C)CCO)CC4)C3)nc(C)n2)ccc1F. The number of nitrogens with zero attached hydrogens (tertiary/aromatic N) is 5. The first-order valence-corrected chi connectivity index (χ1v) is 12.6. The Morgan fingerprint density at radius 1 is 1.26 bits per heavy atom. The highest BCUT2D eigenvalue weighted by Gasteiger charge is 2.35. The van der Waals surface area contributed by atoms with Gasteiger partial charge in [0.2, 0.25) is 0 Å². The molecule has 12 heteroatoms. The Hall–Kier alpha value is -3.80. The highest BCUT2D eigenvalue weighted by atomic mass is 19.1. The van der Waals surface area contributed by atoms with Crippen LogP contribution in [0.5, 0.6) is 5.75 Å². The van der Waals surface area contributed by atoms with Gasteiger partial charge in [0.25, 0.3) is 5.91 Å². The number of benzene rings is 1. The zero-order valence-corrected chi connectivity index (χ0v) is 21.8. The lowest BCUT2D eigenvalue weighted by Crippen LogP contribution is -2.47. The number of oxime groups is 1. The number of carbonyl (C=O) groups is 2. The minimum Gasteiger partial charge on any atom is -0.494 e. The predicted molar refractivity (Wildman–Crippen MR) is 136 cm³/mol. The van der Waals surface area contributed by atoms with Crippen LogP contribution in [0.4, 0.5) is 9.18 Å². The van der Waals surface area contributed by atoms with E-state index < -0.39 is 5.82 Å². The number of methoxy groups -OCH3 is 1. The molecule has 1 aromatic carbocycles. The zero-order valence-electron chi connectivity index (χ0n) is 21.8. The topological polar surface area (TPSA) is 129 Å². The van der Waals surface area contributed by atoms with Gasteiger partial charge in [-0.3, -0.25) is 4.79 Å². The molecule has 0 bridgehead atoms. The molecule has 1 atom stereocenters. The molecule has 1 saturated heterocycles. The van der Waals surface area contributed by atoms with Crippen molar-refractivity contribution in [3.8, 4) is 5.75 Å². The largest absolute Gasteiger partial charge is 0.494 e. The van der Waals surface area contributed by atoms with E-state index in [-0.39, 0.29) is 48.6 Å². The molecule has 11 nitrogen and oxygen atoms in total. The van der Waals surface area contributed by atoms with Crippen molar-refractivity contribution in [1.82, 2.24) is 25.1 Å². The van der Waals surface area contributed by atoms with Gasteiger partial charge in [-0.05, 0) is 43.5 Å². The fourth-order valence-corrected chi connectivity index (χ4v) is 4.67. The molecule has 0 aliphatic carbocycles. The fourth-order valence-electron chi connectivity index (χ4n) is 4.67. The summed E-state index contributed by atoms with van der Waals surface area (Å²) in [4.78, 5) is 43.1. The third-order valence-electron chi connectivity index (χ3n) is 6.83. The van der Waals surface area contributed by atoms with Crippen LogP contribution in [0.25, 0.3) is 0 Å². The van der Waals surface area contributed by atoms with Crippen molar-refractivity contribution >= 4 is 17.6 Å². The van der Waals surface area contributed by atoms with Crippen LogP contribution < -0.4 is 10.1 Å². The fraction of sp³-hybridized carbons (Fsp3) is 0.500. The second-order valence-corrected chi connectivity index (χ2v) is 9.48. The molecular formula is C26H33FN6O5. The lowest BCUT2D eigenvalue weighted by molar-refractivity contribution is 0.0165. The van der Waals surface area contributed by atoms with Gasteiger partial charge in [-0.1, -0.05) is 11.2 Å². The van der Waals surface area contributed by atoms with E-state index in [1.165, 1.54) is 24.1 Å². The first-order chi connectivity index (χ1) is 18.3. The number of hydrogen-bond acceptors (Lipinski definition) is 8. The number of aliphatic hydroxyl groups excluding tert-OH is 1. The third kappa shape index (κ3) is 6.36. The average molecular weight is 529 g/mol. The molecule has 3 amide bonds. The van der Waals surface area contributed by atoms with Crippen molar-refractivity contribution in [2.45, 2.75) is 38.8 Å². The minimum atomic E-state index is -0.471. The molecule has 0 saturated carbocycles. The summed E-state index contributed by atoms with van der Waals surface area (Å²) in [5.74, 6) is -0.0829. The molecular weight excluding hydrogens is 495 g/mol. The molecule has 2 aliphatic heterocycles. The molecule has 2 aromatic rings. The van der Waals surface area contributed by atoms with E-state index in [0.717, 1.165) is 12.8 Å². The summed E-state index contributed by atoms with van der Waals surface area (Å²) in [6.45, 7) is 3.36. The minimum absolute atomic E-state index is 0.0654. The van der Waals surface area contributed by atoms with Gasteiger partial charge in [-0.15, -0.1) is 0 Å². The van der Waals surface area contributed by atoms with Crippen LogP contribution in [0, 0.1) is 18.7 Å². The van der Waals surface area contributed by atoms with Crippen LogP contribution in [0.3, 0.4) is 0 Å². The van der Waals surface area contributed by atoms with E-state index in [4.69, 9.17) is 14.7 Å². The molecule has 3 heterocycles. The number of halogens is 1. The van der Waals surface area contributed by atoms with E-state index in [1.807, 2.05) is 0 Å². The maximum atomic E-state index is 13.6. The predicted octanol–water partition coefficient (Wildman–Crippen LogP) is 2.11. The first-order valence-electron chi connectivity index (χ1n) is 12.6. The van der Waals surface area contributed by atoms with E-state index in [1.54, 1.807) is 31.0 Å². The average Bonchev–Trinajstić information content (AvgIpc) is 3.42. The molecule has 2 N–H and O–H groups in total. The van der Waals surface area contributed by atoms with Gasteiger partial charge in [-0.2, -0.15) is 0 Å². The normalized spacial score (nSPS) is 17.6. The highest BCUT2D eigenvalue weighted by Crippen LogP contribution is 2.30. The van der Waals surface area contributed by atoms with Crippen molar-refractivity contribution in [1.29, 1.82) is 0 Å². The van der Waals surface area contributed by atoms with Gasteiger partial charge in [0, 0.05) is 45.6 Å². The van der Waals surface area contributed by atoms with Crippen molar-refractivity contribution in [2.75, 3.05) is 40.4 Å². The van der Waals surface area contributed by atoms with E-state index in [9.17, 15) is 14.0 Å². The van der Waals surface area contributed by atoms with Crippen LogP contribution in [0.1, 0.15) is 46.8 Å². The lowest BCUT2D eigenvalue weighted by Gasteiger charge is -2.35. The molecule has 1 aromatic heterocycles. The first kappa shape index (κ1) is 27.2. The zero-order chi connectivity index (χ0) is 27.2.